The minimum atomic E-state index is -0.146. The molecule has 0 bridgehead atoms. The van der Waals surface area contributed by atoms with Crippen LogP contribution in [0, 0.1) is 6.92 Å². The van der Waals surface area contributed by atoms with Gasteiger partial charge in [0.05, 0.1) is 6.61 Å². The number of carbonyl (C=O) groups is 1. The van der Waals surface area contributed by atoms with E-state index in [1.54, 1.807) is 6.07 Å². The molecule has 0 radical (unpaired) electrons. The number of hydrogen-bond acceptors (Lipinski definition) is 3. The first kappa shape index (κ1) is 13.8. The van der Waals surface area contributed by atoms with Gasteiger partial charge in [0.15, 0.2) is 0 Å². The van der Waals surface area contributed by atoms with E-state index in [4.69, 9.17) is 22.2 Å². The van der Waals surface area contributed by atoms with Crippen LogP contribution in [-0.2, 0) is 4.79 Å². The second kappa shape index (κ2) is 7.14. The van der Waals surface area contributed by atoms with Crippen molar-refractivity contribution in [3.05, 3.63) is 28.8 Å². The van der Waals surface area contributed by atoms with E-state index >= 15 is 0 Å². The molecule has 0 saturated carbocycles. The molecule has 94 valence electrons. The van der Waals surface area contributed by atoms with Gasteiger partial charge in [0.1, 0.15) is 5.75 Å². The fraction of sp³-hybridized carbons (Fsp3) is 0.417. The second-order valence-corrected chi connectivity index (χ2v) is 4.22. The molecule has 0 aromatic heterocycles. The maximum absolute atomic E-state index is 10.8. The van der Waals surface area contributed by atoms with E-state index in [9.17, 15) is 4.79 Å². The predicted molar refractivity (Wildman–Crippen MR) is 67.9 cm³/mol. The summed E-state index contributed by atoms with van der Waals surface area (Å²) in [6.07, 6.45) is 2.00. The van der Waals surface area contributed by atoms with Gasteiger partial charge in [0, 0.05) is 11.4 Å². The number of hydrogen-bond donors (Lipinski definition) is 2. The molecule has 17 heavy (non-hydrogen) atoms. The fourth-order valence-electron chi connectivity index (χ4n) is 1.42. The molecular weight excluding hydrogens is 240 g/mol. The third-order valence-corrected chi connectivity index (χ3v) is 2.59. The monoisotopic (exact) mass is 256 g/mol. The molecule has 5 heteroatoms. The minimum Gasteiger partial charge on any atom is -0.493 e. The van der Waals surface area contributed by atoms with Gasteiger partial charge in [-0.15, -0.1) is 0 Å². The summed E-state index contributed by atoms with van der Waals surface area (Å²) in [6, 6.07) is 5.51. The van der Waals surface area contributed by atoms with Gasteiger partial charge in [-0.25, -0.2) is 5.84 Å². The van der Waals surface area contributed by atoms with Crippen molar-refractivity contribution in [3.63, 3.8) is 0 Å². The van der Waals surface area contributed by atoms with Crippen LogP contribution in [0.15, 0.2) is 18.2 Å². The Morgan fingerprint density at radius 1 is 1.47 bits per heavy atom. The Balaban J connectivity index is 2.24. The molecule has 1 amide bonds. The molecule has 1 aromatic carbocycles. The molecule has 4 nitrogen and oxygen atoms in total. The van der Waals surface area contributed by atoms with Gasteiger partial charge < -0.3 is 4.74 Å². The van der Waals surface area contributed by atoms with Gasteiger partial charge in [-0.05, 0) is 43.5 Å². The van der Waals surface area contributed by atoms with Gasteiger partial charge >= 0.3 is 0 Å². The van der Waals surface area contributed by atoms with Crippen molar-refractivity contribution in [3.8, 4) is 5.75 Å². The van der Waals surface area contributed by atoms with Crippen molar-refractivity contribution < 1.29 is 9.53 Å². The summed E-state index contributed by atoms with van der Waals surface area (Å²) >= 11 is 5.84. The molecule has 0 aliphatic rings. The summed E-state index contributed by atoms with van der Waals surface area (Å²) in [7, 11) is 0. The van der Waals surface area contributed by atoms with Crippen LogP contribution in [0.1, 0.15) is 24.8 Å². The number of rotatable bonds is 6. The van der Waals surface area contributed by atoms with Crippen molar-refractivity contribution in [2.75, 3.05) is 6.61 Å². The van der Waals surface area contributed by atoms with Crippen LogP contribution in [0.5, 0.6) is 5.75 Å². The molecular formula is C12H17ClN2O2. The molecule has 1 rings (SSSR count). The van der Waals surface area contributed by atoms with Gasteiger partial charge in [-0.3, -0.25) is 10.2 Å². The van der Waals surface area contributed by atoms with Crippen LogP contribution in [0.25, 0.3) is 0 Å². The number of unbranched alkanes of at least 4 members (excludes halogenated alkanes) is 1. The number of nitrogens with one attached hydrogen (secondary N) is 1. The van der Waals surface area contributed by atoms with Crippen LogP contribution in [-0.4, -0.2) is 12.5 Å². The van der Waals surface area contributed by atoms with Crippen molar-refractivity contribution in [2.45, 2.75) is 26.2 Å². The van der Waals surface area contributed by atoms with Crippen LogP contribution < -0.4 is 16.0 Å². The SMILES string of the molecule is Cc1cc(Cl)ccc1OCCCCC(=O)NN. The molecule has 0 heterocycles. The van der Waals surface area contributed by atoms with Crippen LogP contribution >= 0.6 is 11.6 Å². The average Bonchev–Trinajstić information content (AvgIpc) is 2.30. The number of aryl methyl sites for hydroxylation is 1. The highest BCUT2D eigenvalue weighted by atomic mass is 35.5. The smallest absolute Gasteiger partial charge is 0.233 e. The first-order valence-electron chi connectivity index (χ1n) is 5.52. The van der Waals surface area contributed by atoms with Crippen LogP contribution in [0.2, 0.25) is 5.02 Å². The molecule has 0 spiro atoms. The van der Waals surface area contributed by atoms with E-state index in [1.807, 2.05) is 19.1 Å². The highest BCUT2D eigenvalue weighted by Gasteiger charge is 2.01. The van der Waals surface area contributed by atoms with Crippen molar-refractivity contribution in [1.29, 1.82) is 0 Å². The quantitative estimate of drug-likeness (QED) is 0.355. The molecule has 0 fully saturated rings. The van der Waals surface area contributed by atoms with E-state index < -0.39 is 0 Å². The van der Waals surface area contributed by atoms with Crippen molar-refractivity contribution >= 4 is 17.5 Å². The van der Waals surface area contributed by atoms with E-state index in [-0.39, 0.29) is 5.91 Å². The molecule has 0 atom stereocenters. The Bertz CT molecular complexity index is 383. The topological polar surface area (TPSA) is 64.3 Å². The number of ether oxygens (including phenoxy) is 1. The molecule has 0 aliphatic carbocycles. The number of hydrazine groups is 1. The molecule has 1 aromatic rings. The standard InChI is InChI=1S/C12H17ClN2O2/c1-9-8-10(13)5-6-11(9)17-7-3-2-4-12(16)15-14/h5-6,8H,2-4,7,14H2,1H3,(H,15,16). The Morgan fingerprint density at radius 2 is 2.24 bits per heavy atom. The number of benzene rings is 1. The molecule has 0 aliphatic heterocycles. The van der Waals surface area contributed by atoms with E-state index in [0.29, 0.717) is 18.1 Å². The largest absolute Gasteiger partial charge is 0.493 e. The highest BCUT2D eigenvalue weighted by Crippen LogP contribution is 2.21. The fourth-order valence-corrected chi connectivity index (χ4v) is 1.64. The van der Waals surface area contributed by atoms with Gasteiger partial charge in [-0.2, -0.15) is 0 Å². The number of carbonyl (C=O) groups excluding carboxylic acids is 1. The summed E-state index contributed by atoms with van der Waals surface area (Å²) in [4.78, 5) is 10.8. The zero-order chi connectivity index (χ0) is 12.7. The highest BCUT2D eigenvalue weighted by molar-refractivity contribution is 6.30. The summed E-state index contributed by atoms with van der Waals surface area (Å²) in [5.41, 5.74) is 3.11. The minimum absolute atomic E-state index is 0.146. The van der Waals surface area contributed by atoms with Crippen molar-refractivity contribution in [1.82, 2.24) is 5.43 Å². The average molecular weight is 257 g/mol. The normalized spacial score (nSPS) is 10.1. The second-order valence-electron chi connectivity index (χ2n) is 3.78. The van der Waals surface area contributed by atoms with Crippen LogP contribution in [0.3, 0.4) is 0 Å². The van der Waals surface area contributed by atoms with E-state index in [0.717, 1.165) is 24.2 Å². The molecule has 0 unspecified atom stereocenters. The van der Waals surface area contributed by atoms with Gasteiger partial charge in [0.2, 0.25) is 5.91 Å². The lowest BCUT2D eigenvalue weighted by atomic mass is 10.2. The number of halogens is 1. The first-order valence-corrected chi connectivity index (χ1v) is 5.89. The Kier molecular flexibility index (Phi) is 5.80. The predicted octanol–water partition coefficient (Wildman–Crippen LogP) is 2.19. The Morgan fingerprint density at radius 3 is 2.88 bits per heavy atom. The maximum Gasteiger partial charge on any atom is 0.233 e. The van der Waals surface area contributed by atoms with Crippen LogP contribution in [0.4, 0.5) is 0 Å². The maximum atomic E-state index is 10.8. The lowest BCUT2D eigenvalue weighted by molar-refractivity contribution is -0.121. The number of amides is 1. The third kappa shape index (κ3) is 5.06. The van der Waals surface area contributed by atoms with Gasteiger partial charge in [0.25, 0.3) is 0 Å². The van der Waals surface area contributed by atoms with E-state index in [2.05, 4.69) is 5.43 Å². The number of nitrogens with two attached hydrogens (primary N) is 1. The summed E-state index contributed by atoms with van der Waals surface area (Å²) in [5, 5.41) is 0.703. The summed E-state index contributed by atoms with van der Waals surface area (Å²) in [5.74, 6) is 5.65. The summed E-state index contributed by atoms with van der Waals surface area (Å²) < 4.78 is 5.59. The van der Waals surface area contributed by atoms with Crippen molar-refractivity contribution in [2.24, 2.45) is 5.84 Å². The molecule has 0 saturated heterocycles. The van der Waals surface area contributed by atoms with E-state index in [1.165, 1.54) is 0 Å². The lowest BCUT2D eigenvalue weighted by Gasteiger charge is -2.08. The zero-order valence-corrected chi connectivity index (χ0v) is 10.6. The third-order valence-electron chi connectivity index (χ3n) is 2.35. The lowest BCUT2D eigenvalue weighted by Crippen LogP contribution is -2.29. The Labute approximate surface area is 106 Å². The summed E-state index contributed by atoms with van der Waals surface area (Å²) in [6.45, 7) is 2.53. The first-order chi connectivity index (χ1) is 8.13. The Hall–Kier alpha value is -1.26. The molecule has 3 N–H and O–H groups in total. The van der Waals surface area contributed by atoms with Gasteiger partial charge in [-0.1, -0.05) is 11.6 Å². The zero-order valence-electron chi connectivity index (χ0n) is 9.83.